The summed E-state index contributed by atoms with van der Waals surface area (Å²) < 4.78 is 5.37. The number of nitro benzene ring substituents is 1. The number of benzene rings is 1. The number of rotatable bonds is 3. The Bertz CT molecular complexity index is 913. The summed E-state index contributed by atoms with van der Waals surface area (Å²) in [4.78, 5) is 22.6. The Morgan fingerprint density at radius 1 is 1.26 bits per heavy atom. The van der Waals surface area contributed by atoms with Gasteiger partial charge in [0.05, 0.1) is 17.2 Å². The second-order valence-electron chi connectivity index (χ2n) is 5.10. The molecule has 0 radical (unpaired) electrons. The van der Waals surface area contributed by atoms with Crippen LogP contribution in [0.2, 0.25) is 0 Å². The first-order valence-corrected chi connectivity index (χ1v) is 6.82. The Hall–Kier alpha value is -3.42. The molecule has 2 aromatic heterocycles. The van der Waals surface area contributed by atoms with Gasteiger partial charge < -0.3 is 9.73 Å². The Kier molecular flexibility index (Phi) is 2.77. The minimum atomic E-state index is -0.517. The fraction of sp³-hybridized carbons (Fsp3) is 0.0667. The zero-order valence-electron chi connectivity index (χ0n) is 11.6. The van der Waals surface area contributed by atoms with Crippen LogP contribution in [0.3, 0.4) is 0 Å². The molecule has 8 heteroatoms. The number of hydrogen-bond donors (Lipinski definition) is 2. The average Bonchev–Trinajstić information content (AvgIpc) is 3.25. The Morgan fingerprint density at radius 3 is 2.87 bits per heavy atom. The van der Waals surface area contributed by atoms with Gasteiger partial charge in [0.2, 0.25) is 0 Å². The number of nitrogens with zero attached hydrogens (tertiary/aromatic N) is 2. The number of aromatic nitrogens is 2. The first-order valence-electron chi connectivity index (χ1n) is 6.82. The smallest absolute Gasteiger partial charge is 0.272 e. The summed E-state index contributed by atoms with van der Waals surface area (Å²) in [5.41, 5.74) is 2.06. The molecule has 8 nitrogen and oxygen atoms in total. The number of fused-ring (bicyclic) bond motifs is 1. The predicted molar refractivity (Wildman–Crippen MR) is 78.7 cm³/mol. The molecule has 1 atom stereocenters. The lowest BCUT2D eigenvalue weighted by atomic mass is 9.98. The number of carbonyl (C=O) groups excluding carboxylic acids is 1. The van der Waals surface area contributed by atoms with E-state index in [1.54, 1.807) is 24.3 Å². The molecule has 0 unspecified atom stereocenters. The standard InChI is InChI=1S/C15H10N4O4/c20-15-14-11(13(17-18-14)10-5-2-6-23-10)12(16-15)8-3-1-4-9(7-8)19(21)22/h1-7,12H,(H,16,20)(H,17,18)/t12-/m1/s1. The van der Waals surface area contributed by atoms with Crippen LogP contribution in [-0.4, -0.2) is 21.0 Å². The van der Waals surface area contributed by atoms with Crippen molar-refractivity contribution >= 4 is 11.6 Å². The number of nitrogens with one attached hydrogen (secondary N) is 2. The monoisotopic (exact) mass is 310 g/mol. The van der Waals surface area contributed by atoms with E-state index in [1.807, 2.05) is 0 Å². The van der Waals surface area contributed by atoms with Crippen LogP contribution in [0.5, 0.6) is 0 Å². The summed E-state index contributed by atoms with van der Waals surface area (Å²) in [6.45, 7) is 0. The Balaban J connectivity index is 1.85. The second-order valence-corrected chi connectivity index (χ2v) is 5.10. The van der Waals surface area contributed by atoms with Crippen molar-refractivity contribution in [2.45, 2.75) is 6.04 Å². The molecule has 1 aliphatic heterocycles. The molecular formula is C15H10N4O4. The quantitative estimate of drug-likeness (QED) is 0.569. The van der Waals surface area contributed by atoms with Gasteiger partial charge in [0.15, 0.2) is 11.5 Å². The Labute approximate surface area is 129 Å². The van der Waals surface area contributed by atoms with Gasteiger partial charge in [-0.3, -0.25) is 20.0 Å². The molecule has 0 bridgehead atoms. The van der Waals surface area contributed by atoms with Crippen LogP contribution >= 0.6 is 0 Å². The summed E-state index contributed by atoms with van der Waals surface area (Å²) in [5, 5.41) is 20.6. The van der Waals surface area contributed by atoms with Gasteiger partial charge in [-0.1, -0.05) is 12.1 Å². The first kappa shape index (κ1) is 13.3. The average molecular weight is 310 g/mol. The van der Waals surface area contributed by atoms with Gasteiger partial charge >= 0.3 is 0 Å². The van der Waals surface area contributed by atoms with Crippen molar-refractivity contribution in [2.24, 2.45) is 0 Å². The molecule has 1 aromatic carbocycles. The van der Waals surface area contributed by atoms with Crippen LogP contribution in [0.4, 0.5) is 5.69 Å². The third-order valence-corrected chi connectivity index (χ3v) is 3.77. The largest absolute Gasteiger partial charge is 0.463 e. The van der Waals surface area contributed by atoms with E-state index < -0.39 is 11.0 Å². The van der Waals surface area contributed by atoms with Crippen molar-refractivity contribution in [3.05, 3.63) is 69.6 Å². The van der Waals surface area contributed by atoms with Crippen LogP contribution in [0.15, 0.2) is 47.1 Å². The van der Waals surface area contributed by atoms with Crippen molar-refractivity contribution in [3.63, 3.8) is 0 Å². The minimum Gasteiger partial charge on any atom is -0.463 e. The lowest BCUT2D eigenvalue weighted by Crippen LogP contribution is -2.21. The van der Waals surface area contributed by atoms with Gasteiger partial charge in [-0.05, 0) is 17.7 Å². The van der Waals surface area contributed by atoms with Gasteiger partial charge in [0.1, 0.15) is 5.69 Å². The van der Waals surface area contributed by atoms with E-state index in [-0.39, 0.29) is 17.3 Å². The molecule has 0 aliphatic carbocycles. The maximum Gasteiger partial charge on any atom is 0.272 e. The number of furan rings is 1. The van der Waals surface area contributed by atoms with Crippen LogP contribution in [0, 0.1) is 10.1 Å². The number of aromatic amines is 1. The number of amides is 1. The molecule has 23 heavy (non-hydrogen) atoms. The van der Waals surface area contributed by atoms with Crippen LogP contribution in [0.25, 0.3) is 11.5 Å². The van der Waals surface area contributed by atoms with Gasteiger partial charge in [0, 0.05) is 17.7 Å². The van der Waals surface area contributed by atoms with Crippen molar-refractivity contribution in [1.29, 1.82) is 0 Å². The Morgan fingerprint density at radius 2 is 2.13 bits per heavy atom. The van der Waals surface area contributed by atoms with Crippen molar-refractivity contribution in [1.82, 2.24) is 15.5 Å². The van der Waals surface area contributed by atoms with Crippen LogP contribution in [-0.2, 0) is 0 Å². The number of hydrogen-bond acceptors (Lipinski definition) is 5. The highest BCUT2D eigenvalue weighted by atomic mass is 16.6. The number of H-pyrrole nitrogens is 1. The summed E-state index contributed by atoms with van der Waals surface area (Å²) in [6, 6.07) is 9.13. The molecule has 0 fully saturated rings. The maximum atomic E-state index is 12.1. The molecule has 0 saturated carbocycles. The van der Waals surface area contributed by atoms with E-state index in [0.717, 1.165) is 0 Å². The van der Waals surface area contributed by atoms with Crippen molar-refractivity contribution < 1.29 is 14.1 Å². The fourth-order valence-electron chi connectivity index (χ4n) is 2.75. The van der Waals surface area contributed by atoms with E-state index in [4.69, 9.17) is 4.42 Å². The molecule has 114 valence electrons. The van der Waals surface area contributed by atoms with E-state index in [9.17, 15) is 14.9 Å². The highest BCUT2D eigenvalue weighted by Gasteiger charge is 2.36. The normalized spacial score (nSPS) is 16.2. The van der Waals surface area contributed by atoms with Gasteiger partial charge in [0.25, 0.3) is 11.6 Å². The minimum absolute atomic E-state index is 0.0340. The van der Waals surface area contributed by atoms with E-state index in [2.05, 4.69) is 15.5 Å². The number of carbonyl (C=O) groups is 1. The molecule has 4 rings (SSSR count). The van der Waals surface area contributed by atoms with E-state index in [1.165, 1.54) is 18.4 Å². The molecular weight excluding hydrogens is 300 g/mol. The predicted octanol–water partition coefficient (Wildman–Crippen LogP) is 2.41. The van der Waals surface area contributed by atoms with Gasteiger partial charge in [-0.25, -0.2) is 0 Å². The molecule has 2 N–H and O–H groups in total. The molecule has 3 aromatic rings. The third-order valence-electron chi connectivity index (χ3n) is 3.77. The van der Waals surface area contributed by atoms with E-state index in [0.29, 0.717) is 22.6 Å². The lowest BCUT2D eigenvalue weighted by Gasteiger charge is -2.12. The summed E-state index contributed by atoms with van der Waals surface area (Å²) in [5.74, 6) is 0.219. The topological polar surface area (TPSA) is 114 Å². The van der Waals surface area contributed by atoms with Gasteiger partial charge in [-0.15, -0.1) is 0 Å². The highest BCUT2D eigenvalue weighted by Crippen LogP contribution is 2.37. The van der Waals surface area contributed by atoms with Crippen LogP contribution < -0.4 is 5.32 Å². The lowest BCUT2D eigenvalue weighted by molar-refractivity contribution is -0.384. The first-order chi connectivity index (χ1) is 11.1. The highest BCUT2D eigenvalue weighted by molar-refractivity contribution is 5.99. The number of non-ortho nitro benzene ring substituents is 1. The molecule has 3 heterocycles. The fourth-order valence-corrected chi connectivity index (χ4v) is 2.75. The molecule has 1 amide bonds. The number of nitro groups is 1. The zero-order chi connectivity index (χ0) is 16.0. The molecule has 1 aliphatic rings. The maximum absolute atomic E-state index is 12.1. The zero-order valence-corrected chi connectivity index (χ0v) is 11.6. The SMILES string of the molecule is O=C1N[C@H](c2cccc([N+](=O)[O-])c2)c2c1n[nH]c2-c1ccco1. The summed E-state index contributed by atoms with van der Waals surface area (Å²) >= 11 is 0. The van der Waals surface area contributed by atoms with E-state index >= 15 is 0 Å². The third kappa shape index (κ3) is 2.00. The second kappa shape index (κ2) is 4.80. The molecule has 0 saturated heterocycles. The summed E-state index contributed by atoms with van der Waals surface area (Å²) in [6.07, 6.45) is 1.52. The van der Waals surface area contributed by atoms with Crippen LogP contribution in [0.1, 0.15) is 27.7 Å². The molecule has 0 spiro atoms. The van der Waals surface area contributed by atoms with Crippen molar-refractivity contribution in [3.8, 4) is 11.5 Å². The van der Waals surface area contributed by atoms with Gasteiger partial charge in [-0.2, -0.15) is 5.10 Å². The summed E-state index contributed by atoms with van der Waals surface area (Å²) in [7, 11) is 0. The van der Waals surface area contributed by atoms with Crippen molar-refractivity contribution in [2.75, 3.05) is 0 Å².